The minimum atomic E-state index is -3.70. The molecule has 0 aromatic heterocycles. The van der Waals surface area contributed by atoms with Crippen LogP contribution in [-0.4, -0.2) is 48.4 Å². The summed E-state index contributed by atoms with van der Waals surface area (Å²) in [5.74, 6) is 0.110. The van der Waals surface area contributed by atoms with Crippen LogP contribution in [0.15, 0.2) is 53.4 Å². The van der Waals surface area contributed by atoms with E-state index < -0.39 is 38.4 Å². The second-order valence-corrected chi connectivity index (χ2v) is 10.7. The van der Waals surface area contributed by atoms with Gasteiger partial charge in [0.05, 0.1) is 29.5 Å². The van der Waals surface area contributed by atoms with Gasteiger partial charge >= 0.3 is 0 Å². The van der Waals surface area contributed by atoms with Crippen molar-refractivity contribution in [3.8, 4) is 5.75 Å². The van der Waals surface area contributed by atoms with E-state index in [9.17, 15) is 21.6 Å². The predicted molar refractivity (Wildman–Crippen MR) is 116 cm³/mol. The number of sulfone groups is 1. The maximum atomic E-state index is 12.5. The lowest BCUT2D eigenvalue weighted by molar-refractivity contribution is -0.120. The topological polar surface area (TPSA) is 110 Å². The van der Waals surface area contributed by atoms with E-state index in [1.54, 1.807) is 43.3 Å². The molecule has 0 aliphatic carbocycles. The molecule has 1 N–H and O–H groups in total. The van der Waals surface area contributed by atoms with E-state index in [1.807, 2.05) is 6.92 Å². The van der Waals surface area contributed by atoms with E-state index in [1.165, 1.54) is 12.1 Å². The van der Waals surface area contributed by atoms with Gasteiger partial charge in [0.2, 0.25) is 15.9 Å². The number of amides is 1. The van der Waals surface area contributed by atoms with Gasteiger partial charge in [-0.2, -0.15) is 0 Å². The Hall–Kier alpha value is -2.59. The Kier molecular flexibility index (Phi) is 7.49. The summed E-state index contributed by atoms with van der Waals surface area (Å²) in [6.07, 6.45) is 2.15. The zero-order valence-electron chi connectivity index (χ0n) is 17.3. The number of ether oxygens (including phenoxy) is 1. The van der Waals surface area contributed by atoms with Crippen molar-refractivity contribution in [2.45, 2.75) is 24.8 Å². The fraction of sp³-hybridized carbons (Fsp3) is 0.350. The molecule has 0 aliphatic heterocycles. The molecular weight excluding hydrogens is 428 g/mol. The fourth-order valence-corrected chi connectivity index (χ4v) is 4.27. The molecule has 0 saturated carbocycles. The number of rotatable bonds is 9. The molecule has 8 nitrogen and oxygen atoms in total. The molecule has 0 fully saturated rings. The van der Waals surface area contributed by atoms with Crippen LogP contribution in [0.25, 0.3) is 0 Å². The summed E-state index contributed by atoms with van der Waals surface area (Å²) in [4.78, 5) is 12.7. The maximum absolute atomic E-state index is 12.5. The summed E-state index contributed by atoms with van der Waals surface area (Å²) in [6, 6.07) is 12.2. The summed E-state index contributed by atoms with van der Waals surface area (Å²) in [7, 11) is -7.00. The zero-order valence-corrected chi connectivity index (χ0v) is 19.0. The van der Waals surface area contributed by atoms with Gasteiger partial charge in [-0.3, -0.25) is 9.10 Å². The molecule has 2 aromatic carbocycles. The van der Waals surface area contributed by atoms with Crippen LogP contribution < -0.4 is 14.4 Å². The van der Waals surface area contributed by atoms with Crippen LogP contribution in [-0.2, 0) is 24.7 Å². The lowest BCUT2D eigenvalue weighted by Crippen LogP contribution is -2.41. The Morgan fingerprint density at radius 3 is 2.03 bits per heavy atom. The fourth-order valence-electron chi connectivity index (χ4n) is 2.78. The Morgan fingerprint density at radius 2 is 1.57 bits per heavy atom. The Balaban J connectivity index is 2.12. The van der Waals surface area contributed by atoms with Crippen molar-refractivity contribution >= 4 is 31.5 Å². The number of benzene rings is 2. The SMILES string of the molecule is CCOc1ccc(N(CC(=O)N[C@H](C)c2ccc(S(C)(=O)=O)cc2)S(C)(=O)=O)cc1. The number of anilines is 1. The Labute approximate surface area is 177 Å². The molecular formula is C20H26N2O6S2. The second kappa shape index (κ2) is 9.48. The maximum Gasteiger partial charge on any atom is 0.241 e. The van der Waals surface area contributed by atoms with E-state index in [0.29, 0.717) is 23.6 Å². The van der Waals surface area contributed by atoms with Crippen molar-refractivity contribution in [2.24, 2.45) is 0 Å². The van der Waals surface area contributed by atoms with Crippen molar-refractivity contribution in [1.82, 2.24) is 5.32 Å². The average molecular weight is 455 g/mol. The van der Waals surface area contributed by atoms with Crippen LogP contribution >= 0.6 is 0 Å². The Morgan fingerprint density at radius 1 is 1.00 bits per heavy atom. The first kappa shape index (κ1) is 23.7. The van der Waals surface area contributed by atoms with Crippen LogP contribution in [0.5, 0.6) is 5.75 Å². The second-order valence-electron chi connectivity index (χ2n) is 6.83. The van der Waals surface area contributed by atoms with Crippen molar-refractivity contribution in [1.29, 1.82) is 0 Å². The van der Waals surface area contributed by atoms with Crippen molar-refractivity contribution < 1.29 is 26.4 Å². The van der Waals surface area contributed by atoms with Crippen molar-refractivity contribution in [2.75, 3.05) is 30.0 Å². The van der Waals surface area contributed by atoms with Gasteiger partial charge in [0.25, 0.3) is 0 Å². The summed E-state index contributed by atoms with van der Waals surface area (Å²) < 4.78 is 53.9. The van der Waals surface area contributed by atoms with Gasteiger partial charge in [-0.15, -0.1) is 0 Å². The highest BCUT2D eigenvalue weighted by Crippen LogP contribution is 2.22. The van der Waals surface area contributed by atoms with E-state index in [-0.39, 0.29) is 4.90 Å². The smallest absolute Gasteiger partial charge is 0.241 e. The first-order valence-corrected chi connectivity index (χ1v) is 13.0. The molecule has 0 unspecified atom stereocenters. The third kappa shape index (κ3) is 6.46. The molecule has 30 heavy (non-hydrogen) atoms. The number of nitrogens with one attached hydrogen (secondary N) is 1. The van der Waals surface area contributed by atoms with Gasteiger partial charge in [-0.05, 0) is 55.8 Å². The first-order valence-electron chi connectivity index (χ1n) is 9.21. The zero-order chi connectivity index (χ0) is 22.5. The molecule has 0 radical (unpaired) electrons. The highest BCUT2D eigenvalue weighted by molar-refractivity contribution is 7.92. The third-order valence-corrected chi connectivity index (χ3v) is 6.58. The summed E-state index contributed by atoms with van der Waals surface area (Å²) >= 11 is 0. The van der Waals surface area contributed by atoms with E-state index >= 15 is 0 Å². The molecule has 1 amide bonds. The monoisotopic (exact) mass is 454 g/mol. The van der Waals surface area contributed by atoms with Gasteiger partial charge in [0.15, 0.2) is 9.84 Å². The quantitative estimate of drug-likeness (QED) is 0.622. The minimum absolute atomic E-state index is 0.184. The van der Waals surface area contributed by atoms with Gasteiger partial charge in [0, 0.05) is 6.26 Å². The third-order valence-electron chi connectivity index (χ3n) is 4.31. The van der Waals surface area contributed by atoms with Crippen molar-refractivity contribution in [3.63, 3.8) is 0 Å². The first-order chi connectivity index (χ1) is 13.9. The van der Waals surface area contributed by atoms with Gasteiger partial charge in [-0.25, -0.2) is 16.8 Å². The van der Waals surface area contributed by atoms with Gasteiger partial charge in [-0.1, -0.05) is 12.1 Å². The number of hydrogen-bond acceptors (Lipinski definition) is 6. The lowest BCUT2D eigenvalue weighted by Gasteiger charge is -2.23. The van der Waals surface area contributed by atoms with Crippen molar-refractivity contribution in [3.05, 3.63) is 54.1 Å². The van der Waals surface area contributed by atoms with Crippen LogP contribution in [0.3, 0.4) is 0 Å². The largest absolute Gasteiger partial charge is 0.494 e. The van der Waals surface area contributed by atoms with E-state index in [0.717, 1.165) is 16.8 Å². The van der Waals surface area contributed by atoms with E-state index in [2.05, 4.69) is 5.32 Å². The highest BCUT2D eigenvalue weighted by Gasteiger charge is 2.22. The molecule has 0 heterocycles. The highest BCUT2D eigenvalue weighted by atomic mass is 32.2. The minimum Gasteiger partial charge on any atom is -0.494 e. The normalized spacial score (nSPS) is 12.8. The number of hydrogen-bond donors (Lipinski definition) is 1. The molecule has 10 heteroatoms. The molecule has 0 bridgehead atoms. The lowest BCUT2D eigenvalue weighted by atomic mass is 10.1. The summed E-state index contributed by atoms with van der Waals surface area (Å²) in [5.41, 5.74) is 1.05. The average Bonchev–Trinajstić information content (AvgIpc) is 2.66. The van der Waals surface area contributed by atoms with Crippen LogP contribution in [0.2, 0.25) is 0 Å². The molecule has 0 spiro atoms. The molecule has 164 valence electrons. The van der Waals surface area contributed by atoms with Crippen LogP contribution in [0.4, 0.5) is 5.69 Å². The van der Waals surface area contributed by atoms with Gasteiger partial charge in [0.1, 0.15) is 12.3 Å². The predicted octanol–water partition coefficient (Wildman–Crippen LogP) is 2.13. The molecule has 2 rings (SSSR count). The number of carbonyl (C=O) groups is 1. The van der Waals surface area contributed by atoms with Crippen LogP contribution in [0, 0.1) is 0 Å². The van der Waals surface area contributed by atoms with Crippen LogP contribution in [0.1, 0.15) is 25.5 Å². The number of nitrogens with zero attached hydrogens (tertiary/aromatic N) is 1. The molecule has 2 aromatic rings. The summed E-state index contributed by atoms with van der Waals surface area (Å²) in [6.45, 7) is 3.67. The number of carbonyl (C=O) groups excluding carboxylic acids is 1. The molecule has 0 saturated heterocycles. The molecule has 1 atom stereocenters. The standard InChI is InChI=1S/C20H26N2O6S2/c1-5-28-18-10-8-17(9-11-18)22(30(4,26)27)14-20(23)21-15(2)16-6-12-19(13-7-16)29(3,24)25/h6-13,15H,5,14H2,1-4H3,(H,21,23)/t15-/m1/s1. The Bertz CT molecular complexity index is 1080. The van der Waals surface area contributed by atoms with E-state index in [4.69, 9.17) is 4.74 Å². The molecule has 0 aliphatic rings. The summed E-state index contributed by atoms with van der Waals surface area (Å²) in [5, 5.41) is 2.74. The van der Waals surface area contributed by atoms with Gasteiger partial charge < -0.3 is 10.1 Å². The number of sulfonamides is 1.